The fraction of sp³-hybridized carbons (Fsp3) is 0.316. The first kappa shape index (κ1) is 19.8. The molecule has 0 saturated carbocycles. The van der Waals surface area contributed by atoms with E-state index in [-0.39, 0.29) is 9.92 Å². The third-order valence-electron chi connectivity index (χ3n) is 4.57. The molecule has 2 aromatic rings. The van der Waals surface area contributed by atoms with Gasteiger partial charge in [-0.05, 0) is 48.9 Å². The van der Waals surface area contributed by atoms with Crippen molar-refractivity contribution < 1.29 is 12.8 Å². The van der Waals surface area contributed by atoms with Crippen LogP contribution in [-0.4, -0.2) is 43.8 Å². The predicted molar refractivity (Wildman–Crippen MR) is 101 cm³/mol. The molecule has 5 nitrogen and oxygen atoms in total. The van der Waals surface area contributed by atoms with Crippen molar-refractivity contribution in [3.05, 3.63) is 64.4 Å². The van der Waals surface area contributed by atoms with E-state index < -0.39 is 15.8 Å². The second kappa shape index (κ2) is 8.36. The maximum absolute atomic E-state index is 13.3. The van der Waals surface area contributed by atoms with Crippen molar-refractivity contribution in [3.63, 3.8) is 0 Å². The Morgan fingerprint density at radius 1 is 1.07 bits per heavy atom. The van der Waals surface area contributed by atoms with Crippen LogP contribution in [0.2, 0.25) is 5.02 Å². The Labute approximate surface area is 163 Å². The van der Waals surface area contributed by atoms with Crippen LogP contribution in [0.25, 0.3) is 0 Å². The topological polar surface area (TPSA) is 64.4 Å². The number of nitrogens with zero attached hydrogens (tertiary/aromatic N) is 3. The quantitative estimate of drug-likeness (QED) is 0.780. The lowest BCUT2D eigenvalue weighted by Gasteiger charge is -2.22. The monoisotopic (exact) mass is 407 g/mol. The van der Waals surface area contributed by atoms with Crippen molar-refractivity contribution in [1.82, 2.24) is 9.21 Å². The zero-order valence-electron chi connectivity index (χ0n) is 14.6. The molecule has 142 valence electrons. The van der Waals surface area contributed by atoms with Crippen LogP contribution in [0.5, 0.6) is 0 Å². The van der Waals surface area contributed by atoms with Gasteiger partial charge in [-0.2, -0.15) is 9.57 Å². The molecule has 1 saturated heterocycles. The van der Waals surface area contributed by atoms with Crippen molar-refractivity contribution in [2.45, 2.75) is 17.9 Å². The summed E-state index contributed by atoms with van der Waals surface area (Å²) in [6, 6.07) is 13.0. The van der Waals surface area contributed by atoms with Crippen molar-refractivity contribution >= 4 is 21.6 Å². The van der Waals surface area contributed by atoms with Gasteiger partial charge in [0, 0.05) is 26.2 Å². The van der Waals surface area contributed by atoms with Crippen LogP contribution in [0, 0.1) is 17.1 Å². The SMILES string of the molecule is N#Cc1ccc(CN2CCCN(S(=O)(=O)c3ccc(F)c(Cl)c3)CC2)cc1. The first-order valence-corrected chi connectivity index (χ1v) is 10.4. The molecule has 2 aromatic carbocycles. The van der Waals surface area contributed by atoms with Gasteiger partial charge in [0.25, 0.3) is 0 Å². The van der Waals surface area contributed by atoms with Crippen LogP contribution in [0.3, 0.4) is 0 Å². The van der Waals surface area contributed by atoms with Crippen molar-refractivity contribution in [3.8, 4) is 6.07 Å². The fourth-order valence-corrected chi connectivity index (χ4v) is 4.82. The van der Waals surface area contributed by atoms with Crippen LogP contribution >= 0.6 is 11.6 Å². The highest BCUT2D eigenvalue weighted by Gasteiger charge is 2.27. The summed E-state index contributed by atoms with van der Waals surface area (Å²) in [5.74, 6) is -0.639. The molecule has 0 N–H and O–H groups in total. The Morgan fingerprint density at radius 2 is 1.81 bits per heavy atom. The van der Waals surface area contributed by atoms with Gasteiger partial charge in [0.05, 0.1) is 21.6 Å². The Morgan fingerprint density at radius 3 is 2.48 bits per heavy atom. The molecule has 8 heteroatoms. The van der Waals surface area contributed by atoms with E-state index in [0.29, 0.717) is 38.2 Å². The van der Waals surface area contributed by atoms with E-state index in [0.717, 1.165) is 24.2 Å². The molecule has 1 heterocycles. The molecular weight excluding hydrogens is 389 g/mol. The zero-order valence-corrected chi connectivity index (χ0v) is 16.2. The Hall–Kier alpha value is -1.98. The molecule has 1 aliphatic heterocycles. The van der Waals surface area contributed by atoms with Crippen molar-refractivity contribution in [2.75, 3.05) is 26.2 Å². The number of sulfonamides is 1. The van der Waals surface area contributed by atoms with Gasteiger partial charge in [0.15, 0.2) is 0 Å². The molecule has 3 rings (SSSR count). The lowest BCUT2D eigenvalue weighted by molar-refractivity contribution is 0.278. The summed E-state index contributed by atoms with van der Waals surface area (Å²) in [7, 11) is -3.71. The van der Waals surface area contributed by atoms with Gasteiger partial charge in [0.2, 0.25) is 10.0 Å². The minimum Gasteiger partial charge on any atom is -0.298 e. The molecule has 1 aliphatic rings. The molecule has 0 spiro atoms. The molecule has 27 heavy (non-hydrogen) atoms. The number of benzene rings is 2. The highest BCUT2D eigenvalue weighted by atomic mass is 35.5. The van der Waals surface area contributed by atoms with E-state index in [1.165, 1.54) is 10.4 Å². The molecule has 0 atom stereocenters. The lowest BCUT2D eigenvalue weighted by atomic mass is 10.1. The van der Waals surface area contributed by atoms with E-state index >= 15 is 0 Å². The molecule has 0 amide bonds. The Balaban J connectivity index is 1.68. The number of hydrogen-bond acceptors (Lipinski definition) is 4. The standard InChI is InChI=1S/C19H19ClFN3O2S/c20-18-12-17(6-7-19(18)21)27(25,26)24-9-1-8-23(10-11-24)14-16-4-2-15(13-22)3-5-16/h2-7,12H,1,8-11,14H2. The molecule has 0 aliphatic carbocycles. The molecular formula is C19H19ClFN3O2S. The van der Waals surface area contributed by atoms with Gasteiger partial charge >= 0.3 is 0 Å². The lowest BCUT2D eigenvalue weighted by Crippen LogP contribution is -2.35. The maximum atomic E-state index is 13.3. The minimum atomic E-state index is -3.71. The summed E-state index contributed by atoms with van der Waals surface area (Å²) >= 11 is 5.74. The number of nitriles is 1. The maximum Gasteiger partial charge on any atom is 0.243 e. The molecule has 0 aromatic heterocycles. The van der Waals surface area contributed by atoms with Gasteiger partial charge in [0.1, 0.15) is 5.82 Å². The van der Waals surface area contributed by atoms with E-state index in [1.54, 1.807) is 12.1 Å². The van der Waals surface area contributed by atoms with Crippen molar-refractivity contribution in [2.24, 2.45) is 0 Å². The van der Waals surface area contributed by atoms with Crippen LogP contribution in [-0.2, 0) is 16.6 Å². The van der Waals surface area contributed by atoms with Crippen LogP contribution in [0.1, 0.15) is 17.5 Å². The highest BCUT2D eigenvalue weighted by molar-refractivity contribution is 7.89. The summed E-state index contributed by atoms with van der Waals surface area (Å²) in [5, 5.41) is 8.67. The second-order valence-electron chi connectivity index (χ2n) is 6.42. The van der Waals surface area contributed by atoms with Crippen LogP contribution < -0.4 is 0 Å². The number of hydrogen-bond donors (Lipinski definition) is 0. The molecule has 0 unspecified atom stereocenters. The molecule has 0 radical (unpaired) electrons. The first-order chi connectivity index (χ1) is 12.9. The van der Waals surface area contributed by atoms with E-state index in [9.17, 15) is 12.8 Å². The first-order valence-electron chi connectivity index (χ1n) is 8.57. The van der Waals surface area contributed by atoms with Gasteiger partial charge < -0.3 is 0 Å². The summed E-state index contributed by atoms with van der Waals surface area (Å²) in [4.78, 5) is 2.20. The fourth-order valence-electron chi connectivity index (χ4n) is 3.07. The van der Waals surface area contributed by atoms with Gasteiger partial charge in [-0.15, -0.1) is 0 Å². The predicted octanol–water partition coefficient (Wildman–Crippen LogP) is 3.25. The second-order valence-corrected chi connectivity index (χ2v) is 8.76. The highest BCUT2D eigenvalue weighted by Crippen LogP contribution is 2.23. The summed E-state index contributed by atoms with van der Waals surface area (Å²) < 4.78 is 40.4. The molecule has 0 bridgehead atoms. The smallest absolute Gasteiger partial charge is 0.243 e. The van der Waals surface area contributed by atoms with Gasteiger partial charge in [-0.25, -0.2) is 12.8 Å². The van der Waals surface area contributed by atoms with Gasteiger partial charge in [-0.1, -0.05) is 23.7 Å². The van der Waals surface area contributed by atoms with Crippen LogP contribution in [0.4, 0.5) is 4.39 Å². The van der Waals surface area contributed by atoms with Gasteiger partial charge in [-0.3, -0.25) is 4.90 Å². The van der Waals surface area contributed by atoms with Crippen molar-refractivity contribution in [1.29, 1.82) is 5.26 Å². The normalized spacial score (nSPS) is 16.6. The zero-order chi connectivity index (χ0) is 19.4. The average Bonchev–Trinajstić information content (AvgIpc) is 2.90. The number of halogens is 2. The Bertz CT molecular complexity index is 958. The van der Waals surface area contributed by atoms with E-state index in [2.05, 4.69) is 11.0 Å². The third-order valence-corrected chi connectivity index (χ3v) is 6.75. The van der Waals surface area contributed by atoms with Crippen LogP contribution in [0.15, 0.2) is 47.4 Å². The molecule has 1 fully saturated rings. The summed E-state index contributed by atoms with van der Waals surface area (Å²) in [6.07, 6.45) is 0.699. The largest absolute Gasteiger partial charge is 0.298 e. The Kier molecular flexibility index (Phi) is 6.12. The van der Waals surface area contributed by atoms with E-state index in [1.807, 2.05) is 12.1 Å². The minimum absolute atomic E-state index is 0.00874. The third kappa shape index (κ3) is 4.66. The van der Waals surface area contributed by atoms with E-state index in [4.69, 9.17) is 16.9 Å². The number of rotatable bonds is 4. The summed E-state index contributed by atoms with van der Waals surface area (Å²) in [5.41, 5.74) is 1.69. The summed E-state index contributed by atoms with van der Waals surface area (Å²) in [6.45, 7) is 2.82. The average molecular weight is 408 g/mol.